The molecular formula is C17H18FNO5. The van der Waals surface area contributed by atoms with E-state index in [2.05, 4.69) is 5.32 Å². The summed E-state index contributed by atoms with van der Waals surface area (Å²) in [6, 6.07) is 9.70. The van der Waals surface area contributed by atoms with Gasteiger partial charge in [-0.1, -0.05) is 12.1 Å². The van der Waals surface area contributed by atoms with Crippen LogP contribution in [0.3, 0.4) is 0 Å². The molecule has 1 aromatic heterocycles. The number of amides is 1. The molecule has 128 valence electrons. The number of benzene rings is 1. The van der Waals surface area contributed by atoms with Crippen molar-refractivity contribution in [2.75, 3.05) is 19.8 Å². The number of nitrogens with one attached hydrogen (secondary N) is 1. The Morgan fingerprint density at radius 3 is 2.75 bits per heavy atom. The molecule has 0 atom stereocenters. The normalized spacial score (nSPS) is 10.5. The van der Waals surface area contributed by atoms with Crippen LogP contribution in [-0.4, -0.2) is 36.7 Å². The number of carbonyl (C=O) groups is 2. The molecule has 0 radical (unpaired) electrons. The van der Waals surface area contributed by atoms with Gasteiger partial charge in [0.2, 0.25) is 5.91 Å². The number of rotatable bonds is 9. The van der Waals surface area contributed by atoms with Crippen LogP contribution in [0.2, 0.25) is 0 Å². The van der Waals surface area contributed by atoms with Gasteiger partial charge in [0.05, 0.1) is 12.2 Å². The van der Waals surface area contributed by atoms with Gasteiger partial charge in [-0.15, -0.1) is 0 Å². The average molecular weight is 335 g/mol. The van der Waals surface area contributed by atoms with Crippen LogP contribution in [0, 0.1) is 5.82 Å². The summed E-state index contributed by atoms with van der Waals surface area (Å²) in [7, 11) is 0. The van der Waals surface area contributed by atoms with E-state index in [1.165, 1.54) is 6.07 Å². The second kappa shape index (κ2) is 8.83. The smallest absolute Gasteiger partial charge is 0.329 e. The largest absolute Gasteiger partial charge is 0.480 e. The van der Waals surface area contributed by atoms with Gasteiger partial charge in [0.1, 0.15) is 23.9 Å². The summed E-state index contributed by atoms with van der Waals surface area (Å²) in [6.45, 7) is -0.0118. The minimum atomic E-state index is -1.05. The zero-order chi connectivity index (χ0) is 17.4. The van der Waals surface area contributed by atoms with E-state index in [0.717, 1.165) is 0 Å². The molecule has 0 bridgehead atoms. The van der Waals surface area contributed by atoms with Gasteiger partial charge in [-0.25, -0.2) is 9.18 Å². The molecule has 0 aliphatic rings. The number of aliphatic carboxylic acids is 1. The summed E-state index contributed by atoms with van der Waals surface area (Å²) in [5.74, 6) is -0.601. The number of carbonyl (C=O) groups excluding carboxylic acids is 1. The molecule has 2 rings (SSSR count). The van der Waals surface area contributed by atoms with Gasteiger partial charge in [-0.3, -0.25) is 4.79 Å². The molecule has 0 saturated heterocycles. The Morgan fingerprint density at radius 1 is 1.21 bits per heavy atom. The quantitative estimate of drug-likeness (QED) is 0.686. The molecule has 0 fully saturated rings. The standard InChI is InChI=1S/C17H18FNO5/c18-14-4-2-1-3-13(14)15-7-5-12(24-15)6-8-16(20)19-9-10-23-11-17(21)22/h1-5,7H,6,8-11H2,(H,19,20)(H,21,22). The van der Waals surface area contributed by atoms with Crippen molar-refractivity contribution >= 4 is 11.9 Å². The summed E-state index contributed by atoms with van der Waals surface area (Å²) >= 11 is 0. The van der Waals surface area contributed by atoms with Gasteiger partial charge in [0.25, 0.3) is 0 Å². The van der Waals surface area contributed by atoms with Crippen LogP contribution >= 0.6 is 0 Å². The van der Waals surface area contributed by atoms with E-state index in [0.29, 0.717) is 23.5 Å². The monoisotopic (exact) mass is 335 g/mol. The Balaban J connectivity index is 1.74. The lowest BCUT2D eigenvalue weighted by atomic mass is 10.1. The van der Waals surface area contributed by atoms with Crippen LogP contribution in [0.25, 0.3) is 11.3 Å². The first-order valence-electron chi connectivity index (χ1n) is 7.46. The Morgan fingerprint density at radius 2 is 2.00 bits per heavy atom. The minimum absolute atomic E-state index is 0.135. The van der Waals surface area contributed by atoms with Crippen molar-refractivity contribution in [2.24, 2.45) is 0 Å². The second-order valence-electron chi connectivity index (χ2n) is 5.04. The Bertz CT molecular complexity index is 698. The van der Waals surface area contributed by atoms with Crippen molar-refractivity contribution in [3.05, 3.63) is 48.0 Å². The maximum atomic E-state index is 13.7. The lowest BCUT2D eigenvalue weighted by molar-refractivity contribution is -0.142. The van der Waals surface area contributed by atoms with Crippen molar-refractivity contribution in [2.45, 2.75) is 12.8 Å². The Labute approximate surface area is 138 Å². The van der Waals surface area contributed by atoms with Crippen molar-refractivity contribution in [3.8, 4) is 11.3 Å². The van der Waals surface area contributed by atoms with Crippen molar-refractivity contribution < 1.29 is 28.2 Å². The fraction of sp³-hybridized carbons (Fsp3) is 0.294. The van der Waals surface area contributed by atoms with E-state index in [4.69, 9.17) is 14.3 Å². The van der Waals surface area contributed by atoms with Gasteiger partial charge >= 0.3 is 5.97 Å². The summed E-state index contributed by atoms with van der Waals surface area (Å²) in [4.78, 5) is 21.9. The molecule has 0 unspecified atom stereocenters. The zero-order valence-electron chi connectivity index (χ0n) is 13.0. The van der Waals surface area contributed by atoms with Crippen LogP contribution in [0.5, 0.6) is 0 Å². The molecule has 1 aromatic carbocycles. The van der Waals surface area contributed by atoms with E-state index < -0.39 is 5.97 Å². The van der Waals surface area contributed by atoms with E-state index in [1.807, 2.05) is 0 Å². The minimum Gasteiger partial charge on any atom is -0.480 e. The van der Waals surface area contributed by atoms with Crippen molar-refractivity contribution in [1.29, 1.82) is 0 Å². The van der Waals surface area contributed by atoms with Crippen LogP contribution in [0.15, 0.2) is 40.8 Å². The predicted octanol–water partition coefficient (Wildman–Crippen LogP) is 2.24. The first kappa shape index (κ1) is 17.7. The topological polar surface area (TPSA) is 88.8 Å². The van der Waals surface area contributed by atoms with E-state index >= 15 is 0 Å². The molecule has 2 aromatic rings. The molecule has 1 amide bonds. The SMILES string of the molecule is O=C(O)COCCNC(=O)CCc1ccc(-c2ccccc2F)o1. The third-order valence-electron chi connectivity index (χ3n) is 3.19. The summed E-state index contributed by atoms with van der Waals surface area (Å²) in [5.41, 5.74) is 0.379. The number of furan rings is 1. The zero-order valence-corrected chi connectivity index (χ0v) is 13.0. The molecule has 24 heavy (non-hydrogen) atoms. The number of aryl methyl sites for hydroxylation is 1. The molecule has 0 aliphatic heterocycles. The van der Waals surface area contributed by atoms with Gasteiger partial charge in [0.15, 0.2) is 0 Å². The second-order valence-corrected chi connectivity index (χ2v) is 5.04. The lowest BCUT2D eigenvalue weighted by Gasteiger charge is -2.04. The molecule has 0 saturated carbocycles. The summed E-state index contributed by atoms with van der Waals surface area (Å²) in [5, 5.41) is 11.0. The van der Waals surface area contributed by atoms with Crippen LogP contribution in [0.1, 0.15) is 12.2 Å². The highest BCUT2D eigenvalue weighted by Gasteiger charge is 2.10. The van der Waals surface area contributed by atoms with E-state index in [1.54, 1.807) is 30.3 Å². The summed E-state index contributed by atoms with van der Waals surface area (Å²) < 4.78 is 24.0. The van der Waals surface area contributed by atoms with Gasteiger partial charge in [-0.05, 0) is 24.3 Å². The molecule has 0 aliphatic carbocycles. The van der Waals surface area contributed by atoms with Gasteiger partial charge in [0, 0.05) is 19.4 Å². The predicted molar refractivity (Wildman–Crippen MR) is 83.9 cm³/mol. The molecule has 2 N–H and O–H groups in total. The fourth-order valence-corrected chi connectivity index (χ4v) is 2.07. The van der Waals surface area contributed by atoms with Crippen molar-refractivity contribution in [3.63, 3.8) is 0 Å². The third kappa shape index (κ3) is 5.51. The van der Waals surface area contributed by atoms with Gasteiger partial charge in [-0.2, -0.15) is 0 Å². The highest BCUT2D eigenvalue weighted by Crippen LogP contribution is 2.25. The van der Waals surface area contributed by atoms with Gasteiger partial charge < -0.3 is 19.6 Å². The molecule has 7 heteroatoms. The number of hydrogen-bond donors (Lipinski definition) is 2. The van der Waals surface area contributed by atoms with E-state index in [-0.39, 0.29) is 37.9 Å². The number of halogens is 1. The maximum absolute atomic E-state index is 13.7. The third-order valence-corrected chi connectivity index (χ3v) is 3.19. The number of carboxylic acids is 1. The average Bonchev–Trinajstić information content (AvgIpc) is 3.01. The molecular weight excluding hydrogens is 317 g/mol. The molecule has 1 heterocycles. The number of carboxylic acid groups (broad SMARTS) is 1. The highest BCUT2D eigenvalue weighted by molar-refractivity contribution is 5.76. The first-order valence-corrected chi connectivity index (χ1v) is 7.46. The van der Waals surface area contributed by atoms with Crippen LogP contribution < -0.4 is 5.32 Å². The fourth-order valence-electron chi connectivity index (χ4n) is 2.07. The molecule has 6 nitrogen and oxygen atoms in total. The number of hydrogen-bond acceptors (Lipinski definition) is 4. The Kier molecular flexibility index (Phi) is 6.51. The van der Waals surface area contributed by atoms with Crippen LogP contribution in [-0.2, 0) is 20.7 Å². The first-order chi connectivity index (χ1) is 11.6. The lowest BCUT2D eigenvalue weighted by Crippen LogP contribution is -2.28. The van der Waals surface area contributed by atoms with E-state index in [9.17, 15) is 14.0 Å². The van der Waals surface area contributed by atoms with Crippen LogP contribution in [0.4, 0.5) is 4.39 Å². The number of ether oxygens (including phenoxy) is 1. The maximum Gasteiger partial charge on any atom is 0.329 e. The highest BCUT2D eigenvalue weighted by atomic mass is 19.1. The van der Waals surface area contributed by atoms with Crippen molar-refractivity contribution in [1.82, 2.24) is 5.32 Å². The Hall–Kier alpha value is -2.67. The summed E-state index contributed by atoms with van der Waals surface area (Å²) in [6.07, 6.45) is 0.597. The molecule has 0 spiro atoms.